The van der Waals surface area contributed by atoms with Crippen LogP contribution in [0, 0.1) is 5.82 Å². The van der Waals surface area contributed by atoms with E-state index in [1.807, 2.05) is 0 Å². The average molecular weight is 270 g/mol. The number of rotatable bonds is 2. The Balaban J connectivity index is 0.00000225. The minimum atomic E-state index is -1.31. The summed E-state index contributed by atoms with van der Waals surface area (Å²) < 4.78 is 17.3. The van der Waals surface area contributed by atoms with Gasteiger partial charge in [-0.2, -0.15) is 0 Å². The van der Waals surface area contributed by atoms with Gasteiger partial charge in [-0.25, -0.2) is 4.39 Å². The Hall–Kier alpha value is -1.04. The summed E-state index contributed by atoms with van der Waals surface area (Å²) in [5, 5.41) is 9.35. The number of carbonyl (C=O) groups excluding carboxylic acids is 1. The molecule has 0 amide bonds. The Kier molecular flexibility index (Phi) is 5.50. The van der Waals surface area contributed by atoms with Gasteiger partial charge in [-0.15, -0.1) is 12.4 Å². The van der Waals surface area contributed by atoms with Crippen molar-refractivity contribution in [3.8, 4) is 5.75 Å². The van der Waals surface area contributed by atoms with E-state index in [0.717, 1.165) is 13.2 Å². The fourth-order valence-electron chi connectivity index (χ4n) is 1.10. The number of methoxy groups -OCH3 is 1. The van der Waals surface area contributed by atoms with Crippen molar-refractivity contribution in [3.63, 3.8) is 0 Å². The number of phenolic OH excluding ortho intramolecular Hbond substituents is 1. The summed E-state index contributed by atoms with van der Waals surface area (Å²) >= 11 is 5.68. The molecule has 1 aromatic rings. The van der Waals surface area contributed by atoms with Crippen LogP contribution in [0.1, 0.15) is 11.6 Å². The van der Waals surface area contributed by atoms with Crippen LogP contribution in [0.2, 0.25) is 5.02 Å². The third-order valence-electron chi connectivity index (χ3n) is 1.88. The predicted octanol–water partition coefficient (Wildman–Crippen LogP) is 1.78. The monoisotopic (exact) mass is 269 g/mol. The van der Waals surface area contributed by atoms with E-state index in [4.69, 9.17) is 17.3 Å². The number of halogens is 3. The highest BCUT2D eigenvalue weighted by molar-refractivity contribution is 6.31. The van der Waals surface area contributed by atoms with Crippen LogP contribution >= 0.6 is 24.0 Å². The summed E-state index contributed by atoms with van der Waals surface area (Å²) in [5.74, 6) is -2.44. The summed E-state index contributed by atoms with van der Waals surface area (Å²) in [4.78, 5) is 11.1. The van der Waals surface area contributed by atoms with Gasteiger partial charge in [0.05, 0.1) is 7.11 Å². The van der Waals surface area contributed by atoms with Crippen LogP contribution in [0.3, 0.4) is 0 Å². The first kappa shape index (κ1) is 15.0. The molecule has 3 N–H and O–H groups in total. The van der Waals surface area contributed by atoms with E-state index in [1.54, 1.807) is 0 Å². The highest BCUT2D eigenvalue weighted by atomic mass is 35.5. The lowest BCUT2D eigenvalue weighted by molar-refractivity contribution is -0.142. The van der Waals surface area contributed by atoms with Gasteiger partial charge in [0.2, 0.25) is 0 Å². The normalized spacial score (nSPS) is 11.5. The highest BCUT2D eigenvalue weighted by Gasteiger charge is 2.24. The van der Waals surface area contributed by atoms with Crippen molar-refractivity contribution in [2.75, 3.05) is 7.11 Å². The lowest BCUT2D eigenvalue weighted by Gasteiger charge is -2.13. The lowest BCUT2D eigenvalue weighted by atomic mass is 10.1. The molecule has 1 rings (SSSR count). The zero-order valence-corrected chi connectivity index (χ0v) is 9.81. The number of carbonyl (C=O) groups is 1. The summed E-state index contributed by atoms with van der Waals surface area (Å²) in [6.45, 7) is 0. The first-order valence-corrected chi connectivity index (χ1v) is 4.37. The summed E-state index contributed by atoms with van der Waals surface area (Å²) in [5.41, 5.74) is 5.26. The molecule has 0 aliphatic rings. The van der Waals surface area contributed by atoms with Gasteiger partial charge in [-0.05, 0) is 12.1 Å². The van der Waals surface area contributed by atoms with Crippen molar-refractivity contribution < 1.29 is 19.0 Å². The average Bonchev–Trinajstić information content (AvgIpc) is 2.22. The Bertz CT molecular complexity index is 401. The molecule has 0 radical (unpaired) electrons. The molecule has 0 saturated heterocycles. The molecule has 1 atom stereocenters. The van der Waals surface area contributed by atoms with Crippen molar-refractivity contribution in [1.29, 1.82) is 0 Å². The topological polar surface area (TPSA) is 72.5 Å². The van der Waals surface area contributed by atoms with Crippen LogP contribution in [-0.4, -0.2) is 18.2 Å². The van der Waals surface area contributed by atoms with Gasteiger partial charge >= 0.3 is 5.97 Å². The summed E-state index contributed by atoms with van der Waals surface area (Å²) in [6.07, 6.45) is 0. The predicted molar refractivity (Wildman–Crippen MR) is 59.3 cm³/mol. The maximum atomic E-state index is 13.0. The quantitative estimate of drug-likeness (QED) is 0.803. The standard InChI is InChI=1S/C9H9ClFNO3.ClH/c1-15-9(14)7(12)6-4(10)2-3-5(11)8(6)13;/h2-3,7,13H,12H2,1H3;1H/t7-;/m1./s1. The van der Waals surface area contributed by atoms with E-state index in [2.05, 4.69) is 4.74 Å². The fourth-order valence-corrected chi connectivity index (χ4v) is 1.37. The summed E-state index contributed by atoms with van der Waals surface area (Å²) in [6, 6.07) is 0.873. The van der Waals surface area contributed by atoms with Crippen LogP contribution in [0.5, 0.6) is 5.75 Å². The second-order valence-electron chi connectivity index (χ2n) is 2.79. The van der Waals surface area contributed by atoms with Crippen molar-refractivity contribution in [2.24, 2.45) is 5.73 Å². The van der Waals surface area contributed by atoms with E-state index < -0.39 is 23.6 Å². The molecule has 0 spiro atoms. The number of phenols is 1. The summed E-state index contributed by atoms with van der Waals surface area (Å²) in [7, 11) is 1.13. The molecule has 0 heterocycles. The van der Waals surface area contributed by atoms with Crippen LogP contribution in [0.15, 0.2) is 12.1 Å². The van der Waals surface area contributed by atoms with E-state index >= 15 is 0 Å². The molecule has 0 saturated carbocycles. The molecule has 0 aliphatic heterocycles. The Morgan fingerprint density at radius 1 is 1.62 bits per heavy atom. The molecule has 0 unspecified atom stereocenters. The van der Waals surface area contributed by atoms with Gasteiger partial charge in [-0.1, -0.05) is 11.6 Å². The molecular weight excluding hydrogens is 260 g/mol. The molecule has 16 heavy (non-hydrogen) atoms. The number of ether oxygens (including phenoxy) is 1. The lowest BCUT2D eigenvalue weighted by Crippen LogP contribution is -2.23. The second-order valence-corrected chi connectivity index (χ2v) is 3.20. The molecule has 4 nitrogen and oxygen atoms in total. The third kappa shape index (κ3) is 2.75. The molecule has 1 aromatic carbocycles. The minimum Gasteiger partial charge on any atom is -0.505 e. The second kappa shape index (κ2) is 5.89. The van der Waals surface area contributed by atoms with Gasteiger partial charge in [0.1, 0.15) is 6.04 Å². The minimum absolute atomic E-state index is 0. The molecule has 7 heteroatoms. The number of benzene rings is 1. The zero-order valence-electron chi connectivity index (χ0n) is 8.24. The number of nitrogens with two attached hydrogens (primary N) is 1. The molecular formula is C9H10Cl2FNO3. The van der Waals surface area contributed by atoms with Crippen molar-refractivity contribution in [1.82, 2.24) is 0 Å². The van der Waals surface area contributed by atoms with Gasteiger partial charge in [0.25, 0.3) is 0 Å². The van der Waals surface area contributed by atoms with Crippen LogP contribution in [0.25, 0.3) is 0 Å². The first-order chi connectivity index (χ1) is 6.99. The molecule has 0 fully saturated rings. The molecule has 0 aliphatic carbocycles. The van der Waals surface area contributed by atoms with Gasteiger partial charge in [0, 0.05) is 10.6 Å². The Morgan fingerprint density at radius 3 is 2.69 bits per heavy atom. The van der Waals surface area contributed by atoms with Gasteiger partial charge in [-0.3, -0.25) is 4.79 Å². The number of aromatic hydroxyl groups is 1. The van der Waals surface area contributed by atoms with E-state index in [-0.39, 0.29) is 23.0 Å². The molecule has 90 valence electrons. The van der Waals surface area contributed by atoms with Crippen LogP contribution < -0.4 is 5.73 Å². The van der Waals surface area contributed by atoms with E-state index in [1.165, 1.54) is 6.07 Å². The van der Waals surface area contributed by atoms with Crippen LogP contribution in [0.4, 0.5) is 4.39 Å². The Morgan fingerprint density at radius 2 is 2.19 bits per heavy atom. The molecule has 0 aromatic heterocycles. The Labute approximate surface area is 103 Å². The van der Waals surface area contributed by atoms with Crippen molar-refractivity contribution in [3.05, 3.63) is 28.5 Å². The smallest absolute Gasteiger partial charge is 0.327 e. The van der Waals surface area contributed by atoms with Gasteiger partial charge < -0.3 is 15.6 Å². The van der Waals surface area contributed by atoms with E-state index in [9.17, 15) is 14.3 Å². The number of hydrogen-bond donors (Lipinski definition) is 2. The number of hydrogen-bond acceptors (Lipinski definition) is 4. The fraction of sp³-hybridized carbons (Fsp3) is 0.222. The van der Waals surface area contributed by atoms with Crippen LogP contribution in [-0.2, 0) is 9.53 Å². The maximum absolute atomic E-state index is 13.0. The SMILES string of the molecule is COC(=O)[C@H](N)c1c(Cl)ccc(F)c1O.Cl. The number of esters is 1. The highest BCUT2D eigenvalue weighted by Crippen LogP contribution is 2.32. The zero-order chi connectivity index (χ0) is 11.6. The molecule has 0 bridgehead atoms. The van der Waals surface area contributed by atoms with Crippen molar-refractivity contribution >= 4 is 30.0 Å². The maximum Gasteiger partial charge on any atom is 0.327 e. The van der Waals surface area contributed by atoms with Gasteiger partial charge in [0.15, 0.2) is 11.6 Å². The van der Waals surface area contributed by atoms with E-state index in [0.29, 0.717) is 0 Å². The third-order valence-corrected chi connectivity index (χ3v) is 2.21. The first-order valence-electron chi connectivity index (χ1n) is 3.99. The van der Waals surface area contributed by atoms with Crippen molar-refractivity contribution in [2.45, 2.75) is 6.04 Å². The largest absolute Gasteiger partial charge is 0.505 e.